The van der Waals surface area contributed by atoms with Crippen LogP contribution in [0.3, 0.4) is 0 Å². The molecule has 4 heterocycles. The van der Waals surface area contributed by atoms with Gasteiger partial charge in [-0.1, -0.05) is 6.07 Å². The zero-order valence-electron chi connectivity index (χ0n) is 10.9. The summed E-state index contributed by atoms with van der Waals surface area (Å²) in [6, 6.07) is 6.55. The second kappa shape index (κ2) is 4.71. The molecule has 6 heteroatoms. The van der Waals surface area contributed by atoms with Crippen LogP contribution in [-0.2, 0) is 6.54 Å². The van der Waals surface area contributed by atoms with Gasteiger partial charge < -0.3 is 4.40 Å². The first kappa shape index (κ1) is 12.1. The number of likely N-dealkylation sites (tertiary alicyclic amines) is 1. The smallest absolute Gasteiger partial charge is 0.137 e. The highest BCUT2D eigenvalue weighted by atomic mass is 79.9. The first-order valence-corrected chi connectivity index (χ1v) is 7.42. The SMILES string of the molecule is Brc1cnn(C2CN(Cc3cn4ccccc4n3)C2)c1. The Kier molecular flexibility index (Phi) is 2.85. The maximum absolute atomic E-state index is 4.63. The van der Waals surface area contributed by atoms with Crippen molar-refractivity contribution >= 4 is 21.6 Å². The molecule has 3 aromatic rings. The summed E-state index contributed by atoms with van der Waals surface area (Å²) >= 11 is 3.43. The number of hydrogen-bond acceptors (Lipinski definition) is 3. The zero-order chi connectivity index (χ0) is 13.5. The van der Waals surface area contributed by atoms with Crippen LogP contribution in [-0.4, -0.2) is 37.2 Å². The lowest BCUT2D eigenvalue weighted by Crippen LogP contribution is -2.47. The van der Waals surface area contributed by atoms with Gasteiger partial charge in [0.1, 0.15) is 5.65 Å². The van der Waals surface area contributed by atoms with Gasteiger partial charge in [0.25, 0.3) is 0 Å². The van der Waals surface area contributed by atoms with E-state index in [0.29, 0.717) is 6.04 Å². The minimum absolute atomic E-state index is 0.485. The van der Waals surface area contributed by atoms with Gasteiger partial charge in [-0.25, -0.2) is 4.98 Å². The van der Waals surface area contributed by atoms with Crippen molar-refractivity contribution in [3.63, 3.8) is 0 Å². The molecule has 1 fully saturated rings. The molecule has 0 aromatic carbocycles. The van der Waals surface area contributed by atoms with Gasteiger partial charge in [-0.3, -0.25) is 9.58 Å². The summed E-state index contributed by atoms with van der Waals surface area (Å²) < 4.78 is 5.14. The van der Waals surface area contributed by atoms with Crippen LogP contribution in [0.25, 0.3) is 5.65 Å². The third-order valence-corrected chi connectivity index (χ3v) is 4.09. The van der Waals surface area contributed by atoms with E-state index < -0.39 is 0 Å². The van der Waals surface area contributed by atoms with Gasteiger partial charge in [0.15, 0.2) is 0 Å². The topological polar surface area (TPSA) is 38.4 Å². The van der Waals surface area contributed by atoms with Gasteiger partial charge in [-0.15, -0.1) is 0 Å². The first-order valence-electron chi connectivity index (χ1n) is 6.62. The fourth-order valence-electron chi connectivity index (χ4n) is 2.65. The third-order valence-electron chi connectivity index (χ3n) is 3.68. The highest BCUT2D eigenvalue weighted by Gasteiger charge is 2.29. The fourth-order valence-corrected chi connectivity index (χ4v) is 2.95. The van der Waals surface area contributed by atoms with Crippen molar-refractivity contribution in [1.29, 1.82) is 0 Å². The van der Waals surface area contributed by atoms with Crippen LogP contribution in [0.15, 0.2) is 47.5 Å². The Morgan fingerprint density at radius 2 is 2.15 bits per heavy atom. The molecular formula is C14H14BrN5. The van der Waals surface area contributed by atoms with E-state index in [0.717, 1.165) is 35.4 Å². The first-order chi connectivity index (χ1) is 9.78. The Hall–Kier alpha value is -1.66. The molecule has 0 spiro atoms. The molecule has 5 nitrogen and oxygen atoms in total. The number of nitrogens with zero attached hydrogens (tertiary/aromatic N) is 5. The van der Waals surface area contributed by atoms with Gasteiger partial charge in [-0.05, 0) is 28.1 Å². The van der Waals surface area contributed by atoms with Crippen LogP contribution in [0.2, 0.25) is 0 Å². The van der Waals surface area contributed by atoms with Gasteiger partial charge in [0.05, 0.1) is 22.4 Å². The van der Waals surface area contributed by atoms with Crippen molar-refractivity contribution in [3.8, 4) is 0 Å². The quantitative estimate of drug-likeness (QED) is 0.739. The summed E-state index contributed by atoms with van der Waals surface area (Å²) in [5, 5.41) is 4.34. The lowest BCUT2D eigenvalue weighted by atomic mass is 10.1. The van der Waals surface area contributed by atoms with E-state index in [-0.39, 0.29) is 0 Å². The van der Waals surface area contributed by atoms with Crippen LogP contribution < -0.4 is 0 Å². The monoisotopic (exact) mass is 331 g/mol. The summed E-state index contributed by atoms with van der Waals surface area (Å²) in [4.78, 5) is 7.02. The molecule has 4 rings (SSSR count). The number of pyridine rings is 1. The predicted molar refractivity (Wildman–Crippen MR) is 79.4 cm³/mol. The maximum Gasteiger partial charge on any atom is 0.137 e. The highest BCUT2D eigenvalue weighted by molar-refractivity contribution is 9.10. The van der Waals surface area contributed by atoms with E-state index >= 15 is 0 Å². The van der Waals surface area contributed by atoms with Crippen molar-refractivity contribution in [2.24, 2.45) is 0 Å². The van der Waals surface area contributed by atoms with Gasteiger partial charge in [0.2, 0.25) is 0 Å². The average molecular weight is 332 g/mol. The minimum Gasteiger partial charge on any atom is -0.307 e. The van der Waals surface area contributed by atoms with Crippen molar-refractivity contribution in [2.75, 3.05) is 13.1 Å². The molecule has 1 aliphatic heterocycles. The number of aromatic nitrogens is 4. The van der Waals surface area contributed by atoms with E-state index in [1.54, 1.807) is 0 Å². The number of halogens is 1. The number of fused-ring (bicyclic) bond motifs is 1. The number of imidazole rings is 1. The Balaban J connectivity index is 1.41. The summed E-state index contributed by atoms with van der Waals surface area (Å²) in [6.45, 7) is 2.96. The molecule has 20 heavy (non-hydrogen) atoms. The molecule has 0 atom stereocenters. The largest absolute Gasteiger partial charge is 0.307 e. The van der Waals surface area contributed by atoms with Gasteiger partial charge in [-0.2, -0.15) is 5.10 Å². The second-order valence-electron chi connectivity index (χ2n) is 5.18. The van der Waals surface area contributed by atoms with Crippen LogP contribution in [0.5, 0.6) is 0 Å². The third kappa shape index (κ3) is 2.14. The molecule has 0 bridgehead atoms. The van der Waals surface area contributed by atoms with Crippen molar-refractivity contribution in [2.45, 2.75) is 12.6 Å². The summed E-state index contributed by atoms with van der Waals surface area (Å²) in [5.74, 6) is 0. The Bertz CT molecular complexity index is 708. The van der Waals surface area contributed by atoms with E-state index in [2.05, 4.69) is 41.5 Å². The number of hydrogen-bond donors (Lipinski definition) is 0. The maximum atomic E-state index is 4.63. The molecule has 0 radical (unpaired) electrons. The molecule has 1 saturated heterocycles. The molecule has 0 N–H and O–H groups in total. The Morgan fingerprint density at radius 1 is 1.25 bits per heavy atom. The van der Waals surface area contributed by atoms with Gasteiger partial charge >= 0.3 is 0 Å². The normalized spacial score (nSPS) is 16.6. The molecule has 0 unspecified atom stereocenters. The van der Waals surface area contributed by atoms with Gasteiger partial charge in [0, 0.05) is 38.2 Å². The van der Waals surface area contributed by atoms with E-state index in [4.69, 9.17) is 0 Å². The second-order valence-corrected chi connectivity index (χ2v) is 6.10. The predicted octanol–water partition coefficient (Wildman–Crippen LogP) is 2.35. The van der Waals surface area contributed by atoms with Crippen LogP contribution in [0, 0.1) is 0 Å². The molecule has 0 aliphatic carbocycles. The van der Waals surface area contributed by atoms with Crippen molar-refractivity contribution < 1.29 is 0 Å². The Morgan fingerprint density at radius 3 is 2.90 bits per heavy atom. The fraction of sp³-hybridized carbons (Fsp3) is 0.286. The molecule has 0 saturated carbocycles. The molecular weight excluding hydrogens is 318 g/mol. The molecule has 3 aromatic heterocycles. The van der Waals surface area contributed by atoms with Crippen LogP contribution in [0.4, 0.5) is 0 Å². The lowest BCUT2D eigenvalue weighted by molar-refractivity contribution is 0.0897. The van der Waals surface area contributed by atoms with Crippen LogP contribution >= 0.6 is 15.9 Å². The van der Waals surface area contributed by atoms with E-state index in [1.165, 1.54) is 0 Å². The van der Waals surface area contributed by atoms with Crippen molar-refractivity contribution in [3.05, 3.63) is 53.2 Å². The minimum atomic E-state index is 0.485. The lowest BCUT2D eigenvalue weighted by Gasteiger charge is -2.38. The summed E-state index contributed by atoms with van der Waals surface area (Å²) in [7, 11) is 0. The van der Waals surface area contributed by atoms with E-state index in [9.17, 15) is 0 Å². The summed E-state index contributed by atoms with van der Waals surface area (Å²) in [6.07, 6.45) is 8.01. The number of rotatable bonds is 3. The molecule has 0 amide bonds. The molecule has 102 valence electrons. The van der Waals surface area contributed by atoms with E-state index in [1.807, 2.05) is 41.5 Å². The Labute approximate surface area is 125 Å². The standard InChI is InChI=1S/C14H14BrN5/c15-11-5-16-20(6-11)13-9-18(10-13)7-12-8-19-4-2-1-3-14(19)17-12/h1-6,8,13H,7,9-10H2. The molecule has 1 aliphatic rings. The van der Waals surface area contributed by atoms with Crippen molar-refractivity contribution in [1.82, 2.24) is 24.1 Å². The average Bonchev–Trinajstić information content (AvgIpc) is 2.98. The zero-order valence-corrected chi connectivity index (χ0v) is 12.4. The highest BCUT2D eigenvalue weighted by Crippen LogP contribution is 2.23. The van der Waals surface area contributed by atoms with Crippen LogP contribution in [0.1, 0.15) is 11.7 Å². The summed E-state index contributed by atoms with van der Waals surface area (Å²) in [5.41, 5.74) is 2.13.